The average molecular weight is 184 g/mol. The van der Waals surface area contributed by atoms with Gasteiger partial charge in [0.1, 0.15) is 5.82 Å². The molecule has 0 saturated heterocycles. The predicted molar refractivity (Wildman–Crippen MR) is 43.5 cm³/mol. The van der Waals surface area contributed by atoms with Crippen LogP contribution in [0.25, 0.3) is 11.4 Å². The topological polar surface area (TPSA) is 70.2 Å². The minimum atomic E-state index is 0.338. The van der Waals surface area contributed by atoms with Gasteiger partial charge >= 0.3 is 0 Å². The number of alkyl halides is 1. The van der Waals surface area contributed by atoms with Crippen molar-refractivity contribution >= 4 is 11.6 Å². The Labute approximate surface area is 73.2 Å². The molecule has 0 amide bonds. The summed E-state index contributed by atoms with van der Waals surface area (Å²) in [6.07, 6.45) is 3.38. The van der Waals surface area contributed by atoms with E-state index >= 15 is 0 Å². The van der Waals surface area contributed by atoms with Crippen molar-refractivity contribution in [3.8, 4) is 11.4 Å². The molecular weight excluding hydrogens is 178 g/mol. The first kappa shape index (κ1) is 7.30. The van der Waals surface area contributed by atoms with Gasteiger partial charge in [-0.3, -0.25) is 10.2 Å². The third-order valence-electron chi connectivity index (χ3n) is 1.41. The summed E-state index contributed by atoms with van der Waals surface area (Å²) in [5, 5.41) is 13.1. The number of aromatic amines is 2. The number of H-pyrrole nitrogens is 2. The molecule has 12 heavy (non-hydrogen) atoms. The van der Waals surface area contributed by atoms with Crippen molar-refractivity contribution in [2.45, 2.75) is 5.88 Å². The first-order valence-corrected chi connectivity index (χ1v) is 3.90. The summed E-state index contributed by atoms with van der Waals surface area (Å²) < 4.78 is 0. The highest BCUT2D eigenvalue weighted by atomic mass is 35.5. The van der Waals surface area contributed by atoms with E-state index in [-0.39, 0.29) is 0 Å². The Balaban J connectivity index is 2.35. The minimum Gasteiger partial charge on any atom is -0.285 e. The van der Waals surface area contributed by atoms with E-state index in [0.29, 0.717) is 17.5 Å². The summed E-state index contributed by atoms with van der Waals surface area (Å²) in [6.45, 7) is 0. The van der Waals surface area contributed by atoms with Crippen LogP contribution in [0.4, 0.5) is 0 Å². The van der Waals surface area contributed by atoms with Gasteiger partial charge in [0.15, 0.2) is 5.82 Å². The second kappa shape index (κ2) is 2.94. The number of nitrogens with zero attached hydrogens (tertiary/aromatic N) is 3. The quantitative estimate of drug-likeness (QED) is 0.681. The first-order valence-electron chi connectivity index (χ1n) is 3.36. The summed E-state index contributed by atoms with van der Waals surface area (Å²) >= 11 is 5.54. The normalized spacial score (nSPS) is 10.4. The van der Waals surface area contributed by atoms with E-state index in [1.807, 2.05) is 0 Å². The average Bonchev–Trinajstić information content (AvgIpc) is 2.75. The van der Waals surface area contributed by atoms with Crippen molar-refractivity contribution in [3.05, 3.63) is 18.2 Å². The molecule has 0 aromatic carbocycles. The lowest BCUT2D eigenvalue weighted by molar-refractivity contribution is 1.02. The van der Waals surface area contributed by atoms with Crippen LogP contribution in [0.3, 0.4) is 0 Å². The number of halogens is 1. The third-order valence-corrected chi connectivity index (χ3v) is 1.67. The van der Waals surface area contributed by atoms with Gasteiger partial charge in [0.25, 0.3) is 0 Å². The van der Waals surface area contributed by atoms with Gasteiger partial charge in [-0.25, -0.2) is 4.98 Å². The Morgan fingerprint density at radius 2 is 2.42 bits per heavy atom. The van der Waals surface area contributed by atoms with Gasteiger partial charge < -0.3 is 0 Å². The minimum absolute atomic E-state index is 0.338. The zero-order chi connectivity index (χ0) is 8.39. The fourth-order valence-electron chi connectivity index (χ4n) is 0.857. The fraction of sp³-hybridized carbons (Fsp3) is 0.167. The van der Waals surface area contributed by atoms with Crippen molar-refractivity contribution < 1.29 is 0 Å². The van der Waals surface area contributed by atoms with Crippen LogP contribution >= 0.6 is 11.6 Å². The Hall–Kier alpha value is -1.36. The third kappa shape index (κ3) is 1.18. The molecule has 0 atom stereocenters. The second-order valence-electron chi connectivity index (χ2n) is 2.23. The van der Waals surface area contributed by atoms with Gasteiger partial charge in [-0.1, -0.05) is 0 Å². The molecule has 0 aliphatic rings. The van der Waals surface area contributed by atoms with Gasteiger partial charge in [0.05, 0.1) is 17.6 Å². The van der Waals surface area contributed by atoms with Gasteiger partial charge in [0.2, 0.25) is 0 Å². The summed E-state index contributed by atoms with van der Waals surface area (Å²) in [4.78, 5) is 4.11. The second-order valence-corrected chi connectivity index (χ2v) is 2.49. The lowest BCUT2D eigenvalue weighted by atomic mass is 10.3. The largest absolute Gasteiger partial charge is 0.285 e. The van der Waals surface area contributed by atoms with E-state index in [0.717, 1.165) is 5.56 Å². The molecule has 2 aromatic rings. The summed E-state index contributed by atoms with van der Waals surface area (Å²) in [5.41, 5.74) is 0.850. The molecule has 62 valence electrons. The van der Waals surface area contributed by atoms with E-state index in [4.69, 9.17) is 11.6 Å². The maximum Gasteiger partial charge on any atom is 0.184 e. The van der Waals surface area contributed by atoms with Crippen LogP contribution in [-0.2, 0) is 5.88 Å². The summed E-state index contributed by atoms with van der Waals surface area (Å²) in [6, 6.07) is 0. The summed E-state index contributed by atoms with van der Waals surface area (Å²) in [7, 11) is 0. The van der Waals surface area contributed by atoms with Crippen molar-refractivity contribution in [2.75, 3.05) is 0 Å². The number of hydrogen-bond donors (Lipinski definition) is 2. The molecule has 2 N–H and O–H groups in total. The molecule has 0 fully saturated rings. The summed E-state index contributed by atoms with van der Waals surface area (Å²) in [5.74, 6) is 1.61. The smallest absolute Gasteiger partial charge is 0.184 e. The Kier molecular flexibility index (Phi) is 1.79. The number of hydrogen-bond acceptors (Lipinski definition) is 3. The van der Waals surface area contributed by atoms with Crippen LogP contribution in [0.5, 0.6) is 0 Å². The molecule has 0 aliphatic heterocycles. The Morgan fingerprint density at radius 1 is 1.50 bits per heavy atom. The number of aromatic nitrogens is 5. The van der Waals surface area contributed by atoms with Gasteiger partial charge in [0, 0.05) is 6.20 Å². The van der Waals surface area contributed by atoms with Crippen LogP contribution < -0.4 is 0 Å². The van der Waals surface area contributed by atoms with Gasteiger partial charge in [-0.2, -0.15) is 10.2 Å². The SMILES string of the molecule is ClCc1nc(-c2cn[nH]c2)n[nH]1. The van der Waals surface area contributed by atoms with Crippen molar-refractivity contribution in [2.24, 2.45) is 0 Å². The number of nitrogens with one attached hydrogen (secondary N) is 2. The van der Waals surface area contributed by atoms with E-state index < -0.39 is 0 Å². The van der Waals surface area contributed by atoms with Crippen molar-refractivity contribution in [1.29, 1.82) is 0 Å². The highest BCUT2D eigenvalue weighted by molar-refractivity contribution is 6.16. The standard InChI is InChI=1S/C6H6ClN5/c7-1-5-10-6(12-11-5)4-2-8-9-3-4/h2-3H,1H2,(H,8,9)(H,10,11,12). The van der Waals surface area contributed by atoms with Crippen LogP contribution in [0.1, 0.15) is 5.82 Å². The van der Waals surface area contributed by atoms with E-state index in [9.17, 15) is 0 Å². The van der Waals surface area contributed by atoms with Crippen LogP contribution in [0, 0.1) is 0 Å². The molecule has 6 heteroatoms. The van der Waals surface area contributed by atoms with Gasteiger partial charge in [-0.05, 0) is 0 Å². The molecule has 2 rings (SSSR count). The molecule has 0 unspecified atom stereocenters. The maximum atomic E-state index is 5.54. The van der Waals surface area contributed by atoms with Gasteiger partial charge in [-0.15, -0.1) is 11.6 Å². The fourth-order valence-corrected chi connectivity index (χ4v) is 0.977. The van der Waals surface area contributed by atoms with Crippen LogP contribution in [0.2, 0.25) is 0 Å². The Morgan fingerprint density at radius 3 is 3.00 bits per heavy atom. The van der Waals surface area contributed by atoms with Crippen molar-refractivity contribution in [1.82, 2.24) is 25.4 Å². The molecule has 5 nitrogen and oxygen atoms in total. The maximum absolute atomic E-state index is 5.54. The lowest BCUT2D eigenvalue weighted by Gasteiger charge is -1.82. The molecule has 0 spiro atoms. The Bertz CT molecular complexity index is 352. The zero-order valence-corrected chi connectivity index (χ0v) is 6.84. The molecule has 0 bridgehead atoms. The highest BCUT2D eigenvalue weighted by Crippen LogP contribution is 2.11. The molecule has 2 heterocycles. The van der Waals surface area contributed by atoms with E-state index in [1.54, 1.807) is 12.4 Å². The first-order chi connectivity index (χ1) is 5.90. The van der Waals surface area contributed by atoms with Crippen LogP contribution in [0.15, 0.2) is 12.4 Å². The van der Waals surface area contributed by atoms with Crippen molar-refractivity contribution in [3.63, 3.8) is 0 Å². The monoisotopic (exact) mass is 183 g/mol. The molecule has 0 saturated carbocycles. The highest BCUT2D eigenvalue weighted by Gasteiger charge is 2.04. The van der Waals surface area contributed by atoms with Crippen LogP contribution in [-0.4, -0.2) is 25.4 Å². The zero-order valence-electron chi connectivity index (χ0n) is 6.08. The number of rotatable bonds is 2. The molecule has 0 radical (unpaired) electrons. The lowest BCUT2D eigenvalue weighted by Crippen LogP contribution is -1.79. The molecular formula is C6H6ClN5. The molecule has 0 aliphatic carbocycles. The van der Waals surface area contributed by atoms with E-state index in [1.165, 1.54) is 0 Å². The predicted octanol–water partition coefficient (Wildman–Crippen LogP) is 0.934. The molecule has 2 aromatic heterocycles. The van der Waals surface area contributed by atoms with E-state index in [2.05, 4.69) is 25.4 Å².